The van der Waals surface area contributed by atoms with E-state index in [0.717, 1.165) is 31.7 Å². The van der Waals surface area contributed by atoms with Gasteiger partial charge in [-0.1, -0.05) is 17.7 Å². The van der Waals surface area contributed by atoms with Crippen LogP contribution >= 0.6 is 11.6 Å². The van der Waals surface area contributed by atoms with Crippen LogP contribution in [0, 0.1) is 17.2 Å². The molecule has 0 N–H and O–H groups in total. The number of pyridine rings is 1. The Hall–Kier alpha value is -2.78. The molecule has 0 aliphatic carbocycles. The summed E-state index contributed by atoms with van der Waals surface area (Å²) in [6.45, 7) is 1.97. The first-order chi connectivity index (χ1) is 13.2. The highest BCUT2D eigenvalue weighted by molar-refractivity contribution is 6.30. The van der Waals surface area contributed by atoms with Crippen molar-refractivity contribution in [3.05, 3.63) is 53.2 Å². The minimum absolute atomic E-state index is 0.106. The number of hydrogen-bond donors (Lipinski definition) is 0. The van der Waals surface area contributed by atoms with Gasteiger partial charge in [0.2, 0.25) is 0 Å². The molecule has 6 nitrogen and oxygen atoms in total. The summed E-state index contributed by atoms with van der Waals surface area (Å²) in [7, 11) is 0. The first-order valence-electron chi connectivity index (χ1n) is 8.82. The third-order valence-corrected chi connectivity index (χ3v) is 4.66. The van der Waals surface area contributed by atoms with Gasteiger partial charge >= 0.3 is 5.97 Å². The molecular formula is C20H20ClN3O3. The van der Waals surface area contributed by atoms with Gasteiger partial charge in [-0.05, 0) is 43.2 Å². The molecule has 1 saturated heterocycles. The summed E-state index contributed by atoms with van der Waals surface area (Å²) in [5.41, 5.74) is 0.539. The van der Waals surface area contributed by atoms with Crippen LogP contribution in [0.1, 0.15) is 18.4 Å². The Morgan fingerprint density at radius 1 is 1.26 bits per heavy atom. The number of benzene rings is 1. The molecule has 1 aromatic heterocycles. The van der Waals surface area contributed by atoms with Gasteiger partial charge in [0, 0.05) is 24.3 Å². The van der Waals surface area contributed by atoms with Crippen LogP contribution in [0.15, 0.2) is 42.6 Å². The third kappa shape index (κ3) is 5.35. The Labute approximate surface area is 163 Å². The summed E-state index contributed by atoms with van der Waals surface area (Å²) in [5, 5.41) is 9.44. The minimum Gasteiger partial charge on any atom is -0.490 e. The molecule has 0 bridgehead atoms. The maximum absolute atomic E-state index is 12.2. The van der Waals surface area contributed by atoms with Gasteiger partial charge in [0.15, 0.2) is 0 Å². The van der Waals surface area contributed by atoms with Gasteiger partial charge in [-0.25, -0.2) is 4.98 Å². The van der Waals surface area contributed by atoms with Crippen molar-refractivity contribution in [1.29, 1.82) is 5.26 Å². The molecular weight excluding hydrogens is 366 g/mol. The van der Waals surface area contributed by atoms with Crippen molar-refractivity contribution in [2.24, 2.45) is 5.92 Å². The van der Waals surface area contributed by atoms with E-state index in [4.69, 9.17) is 26.3 Å². The standard InChI is InChI=1S/C20H20ClN3O3/c21-17-2-1-3-18(12-17)26-10-11-27-20(25)16-6-8-24(9-7-16)19-5-4-15(13-22)14-23-19/h1-5,12,14,16H,6-11H2. The highest BCUT2D eigenvalue weighted by Crippen LogP contribution is 2.23. The first-order valence-corrected chi connectivity index (χ1v) is 9.19. The van der Waals surface area contributed by atoms with Crippen molar-refractivity contribution in [2.45, 2.75) is 12.8 Å². The Bertz CT molecular complexity index is 812. The molecule has 0 amide bonds. The van der Waals surface area contributed by atoms with E-state index in [0.29, 0.717) is 22.9 Å². The SMILES string of the molecule is N#Cc1ccc(N2CCC(C(=O)OCCOc3cccc(Cl)c3)CC2)nc1. The fourth-order valence-corrected chi connectivity index (χ4v) is 3.14. The predicted molar refractivity (Wildman–Crippen MR) is 102 cm³/mol. The van der Waals surface area contributed by atoms with Crippen LogP contribution in [0.25, 0.3) is 0 Å². The third-order valence-electron chi connectivity index (χ3n) is 4.42. The fourth-order valence-electron chi connectivity index (χ4n) is 2.96. The van der Waals surface area contributed by atoms with Crippen molar-refractivity contribution in [3.8, 4) is 11.8 Å². The van der Waals surface area contributed by atoms with Gasteiger partial charge in [-0.15, -0.1) is 0 Å². The Balaban J connectivity index is 1.38. The van der Waals surface area contributed by atoms with E-state index in [9.17, 15) is 4.79 Å². The highest BCUT2D eigenvalue weighted by atomic mass is 35.5. The lowest BCUT2D eigenvalue weighted by Crippen LogP contribution is -2.37. The van der Waals surface area contributed by atoms with Crippen LogP contribution in [0.4, 0.5) is 5.82 Å². The van der Waals surface area contributed by atoms with Crippen molar-refractivity contribution in [1.82, 2.24) is 4.98 Å². The summed E-state index contributed by atoms with van der Waals surface area (Å²) in [4.78, 5) is 18.6. The van der Waals surface area contributed by atoms with Gasteiger partial charge in [0.1, 0.15) is 30.9 Å². The van der Waals surface area contributed by atoms with E-state index in [1.54, 1.807) is 36.5 Å². The molecule has 0 spiro atoms. The Kier molecular flexibility index (Phi) is 6.50. The van der Waals surface area contributed by atoms with E-state index in [1.807, 2.05) is 6.07 Å². The zero-order valence-corrected chi connectivity index (χ0v) is 15.6. The molecule has 1 aliphatic rings. The molecule has 1 fully saturated rings. The zero-order valence-electron chi connectivity index (χ0n) is 14.8. The zero-order chi connectivity index (χ0) is 19.1. The molecule has 0 radical (unpaired) electrons. The van der Waals surface area contributed by atoms with E-state index >= 15 is 0 Å². The number of nitriles is 1. The van der Waals surface area contributed by atoms with E-state index in [2.05, 4.69) is 16.0 Å². The van der Waals surface area contributed by atoms with Crippen molar-refractivity contribution in [2.75, 3.05) is 31.2 Å². The van der Waals surface area contributed by atoms with Gasteiger partial charge in [-0.2, -0.15) is 5.26 Å². The second kappa shape index (κ2) is 9.24. The molecule has 27 heavy (non-hydrogen) atoms. The number of aromatic nitrogens is 1. The number of rotatable bonds is 6. The highest BCUT2D eigenvalue weighted by Gasteiger charge is 2.26. The topological polar surface area (TPSA) is 75.5 Å². The number of halogens is 1. The summed E-state index contributed by atoms with van der Waals surface area (Å²) in [6, 6.07) is 12.8. The smallest absolute Gasteiger partial charge is 0.309 e. The van der Waals surface area contributed by atoms with E-state index in [-0.39, 0.29) is 18.5 Å². The van der Waals surface area contributed by atoms with Crippen molar-refractivity contribution < 1.29 is 14.3 Å². The molecule has 0 unspecified atom stereocenters. The average molecular weight is 386 g/mol. The lowest BCUT2D eigenvalue weighted by atomic mass is 9.97. The Morgan fingerprint density at radius 3 is 2.74 bits per heavy atom. The molecule has 2 heterocycles. The molecule has 2 aromatic rings. The van der Waals surface area contributed by atoms with E-state index < -0.39 is 0 Å². The molecule has 1 aromatic carbocycles. The van der Waals surface area contributed by atoms with Gasteiger partial charge in [0.05, 0.1) is 11.5 Å². The molecule has 0 atom stereocenters. The number of carbonyl (C=O) groups is 1. The lowest BCUT2D eigenvalue weighted by molar-refractivity contribution is -0.150. The molecule has 7 heteroatoms. The average Bonchev–Trinajstić information content (AvgIpc) is 2.71. The predicted octanol–water partition coefficient (Wildman–Crippen LogP) is 3.45. The molecule has 140 valence electrons. The number of carbonyl (C=O) groups excluding carboxylic acids is 1. The van der Waals surface area contributed by atoms with Crippen LogP contribution in [0.5, 0.6) is 5.75 Å². The maximum atomic E-state index is 12.2. The fraction of sp³-hybridized carbons (Fsp3) is 0.350. The number of nitrogens with zero attached hydrogens (tertiary/aromatic N) is 3. The van der Waals surface area contributed by atoms with Crippen LogP contribution in [-0.4, -0.2) is 37.3 Å². The summed E-state index contributed by atoms with van der Waals surface area (Å²) in [6.07, 6.45) is 3.00. The first kappa shape index (κ1) is 19.0. The number of anilines is 1. The van der Waals surface area contributed by atoms with Crippen LogP contribution in [0.3, 0.4) is 0 Å². The van der Waals surface area contributed by atoms with Crippen molar-refractivity contribution >= 4 is 23.4 Å². The van der Waals surface area contributed by atoms with Crippen LogP contribution in [0.2, 0.25) is 5.02 Å². The van der Waals surface area contributed by atoms with Crippen molar-refractivity contribution in [3.63, 3.8) is 0 Å². The molecule has 3 rings (SSSR count). The number of ether oxygens (including phenoxy) is 2. The summed E-state index contributed by atoms with van der Waals surface area (Å²) in [5.74, 6) is 1.19. The van der Waals surface area contributed by atoms with Gasteiger partial charge in [-0.3, -0.25) is 4.79 Å². The normalized spacial score (nSPS) is 14.4. The second-order valence-electron chi connectivity index (χ2n) is 6.25. The largest absolute Gasteiger partial charge is 0.490 e. The lowest BCUT2D eigenvalue weighted by Gasteiger charge is -2.31. The van der Waals surface area contributed by atoms with Crippen LogP contribution in [-0.2, 0) is 9.53 Å². The minimum atomic E-state index is -0.183. The monoisotopic (exact) mass is 385 g/mol. The maximum Gasteiger partial charge on any atom is 0.309 e. The van der Waals surface area contributed by atoms with Gasteiger partial charge < -0.3 is 14.4 Å². The number of hydrogen-bond acceptors (Lipinski definition) is 6. The van der Waals surface area contributed by atoms with Crippen LogP contribution < -0.4 is 9.64 Å². The Morgan fingerprint density at radius 2 is 2.07 bits per heavy atom. The molecule has 1 aliphatic heterocycles. The summed E-state index contributed by atoms with van der Waals surface area (Å²) >= 11 is 5.89. The molecule has 0 saturated carbocycles. The second-order valence-corrected chi connectivity index (χ2v) is 6.69. The summed E-state index contributed by atoms with van der Waals surface area (Å²) < 4.78 is 10.9. The van der Waals surface area contributed by atoms with E-state index in [1.165, 1.54) is 0 Å². The quantitative estimate of drug-likeness (QED) is 0.560. The number of piperidine rings is 1. The van der Waals surface area contributed by atoms with Gasteiger partial charge in [0.25, 0.3) is 0 Å². The number of esters is 1.